The average Bonchev–Trinajstić information content (AvgIpc) is 3.20. The van der Waals surface area contributed by atoms with Crippen molar-refractivity contribution >= 4 is 24.0 Å². The Hall–Kier alpha value is -3.26. The quantitative estimate of drug-likeness (QED) is 0.586. The minimum absolute atomic E-state index is 0. The fourth-order valence-corrected chi connectivity index (χ4v) is 4.19. The van der Waals surface area contributed by atoms with Crippen LogP contribution in [-0.2, 0) is 16.8 Å². The first-order valence-corrected chi connectivity index (χ1v) is 9.22. The standard InChI is InChI=1S/C22H15F3N2O3.ClH/c23-22(24,25)30-15-7-8-17-19(10-15)29-13-21(17)16-5-1-2-6-18(16)27(20(21)28)12-14-4-3-9-26-11-14;/h1-11H,12-13H2;1H. The fraction of sp³-hybridized carbons (Fsp3) is 0.182. The molecule has 2 aromatic carbocycles. The van der Waals surface area contributed by atoms with Crippen LogP contribution in [0.15, 0.2) is 67.0 Å². The van der Waals surface area contributed by atoms with Gasteiger partial charge in [-0.3, -0.25) is 9.78 Å². The van der Waals surface area contributed by atoms with Crippen LogP contribution in [0.3, 0.4) is 0 Å². The van der Waals surface area contributed by atoms with Gasteiger partial charge in [0.25, 0.3) is 0 Å². The lowest BCUT2D eigenvalue weighted by Gasteiger charge is -2.23. The molecule has 1 spiro atoms. The molecule has 0 aliphatic carbocycles. The number of carbonyl (C=O) groups excluding carboxylic acids is 1. The number of rotatable bonds is 3. The Bertz CT molecular complexity index is 1140. The second-order valence-corrected chi connectivity index (χ2v) is 7.17. The van der Waals surface area contributed by atoms with E-state index in [2.05, 4.69) is 9.72 Å². The predicted molar refractivity (Wildman–Crippen MR) is 109 cm³/mol. The smallest absolute Gasteiger partial charge is 0.491 e. The molecule has 31 heavy (non-hydrogen) atoms. The Morgan fingerprint density at radius 1 is 1.10 bits per heavy atom. The van der Waals surface area contributed by atoms with Gasteiger partial charge in [0.2, 0.25) is 5.91 Å². The molecule has 0 saturated heterocycles. The molecule has 0 radical (unpaired) electrons. The van der Waals surface area contributed by atoms with E-state index in [1.54, 1.807) is 23.4 Å². The van der Waals surface area contributed by atoms with Gasteiger partial charge in [0.05, 0.1) is 6.54 Å². The highest BCUT2D eigenvalue weighted by Gasteiger charge is 2.56. The summed E-state index contributed by atoms with van der Waals surface area (Å²) in [6.45, 7) is 0.341. The lowest BCUT2D eigenvalue weighted by molar-refractivity contribution is -0.274. The van der Waals surface area contributed by atoms with Crippen LogP contribution >= 0.6 is 12.4 Å². The predicted octanol–water partition coefficient (Wildman–Crippen LogP) is 4.63. The lowest BCUT2D eigenvalue weighted by atomic mass is 9.77. The topological polar surface area (TPSA) is 51.7 Å². The van der Waals surface area contributed by atoms with E-state index >= 15 is 0 Å². The first-order valence-electron chi connectivity index (χ1n) is 9.22. The number of para-hydroxylation sites is 1. The van der Waals surface area contributed by atoms with Crippen molar-refractivity contribution in [3.05, 3.63) is 83.7 Å². The molecule has 1 atom stereocenters. The van der Waals surface area contributed by atoms with E-state index in [1.165, 1.54) is 18.2 Å². The van der Waals surface area contributed by atoms with Gasteiger partial charge in [-0.1, -0.05) is 30.3 Å². The summed E-state index contributed by atoms with van der Waals surface area (Å²) in [6, 6.07) is 14.9. The number of hydrogen-bond acceptors (Lipinski definition) is 4. The van der Waals surface area contributed by atoms with Gasteiger partial charge in [0.15, 0.2) is 0 Å². The number of nitrogens with zero attached hydrogens (tertiary/aromatic N) is 2. The normalized spacial score (nSPS) is 18.9. The van der Waals surface area contributed by atoms with Crippen LogP contribution in [0.5, 0.6) is 11.5 Å². The summed E-state index contributed by atoms with van der Waals surface area (Å²) in [4.78, 5) is 19.5. The number of fused-ring (bicyclic) bond motifs is 4. The third-order valence-electron chi connectivity index (χ3n) is 5.42. The second kappa shape index (κ2) is 7.46. The van der Waals surface area contributed by atoms with Crippen LogP contribution < -0.4 is 14.4 Å². The highest BCUT2D eigenvalue weighted by atomic mass is 35.5. The van der Waals surface area contributed by atoms with Crippen molar-refractivity contribution in [2.75, 3.05) is 11.5 Å². The van der Waals surface area contributed by atoms with Crippen molar-refractivity contribution in [1.29, 1.82) is 0 Å². The summed E-state index contributed by atoms with van der Waals surface area (Å²) in [6.07, 6.45) is -1.45. The molecule has 1 aromatic heterocycles. The number of ether oxygens (including phenoxy) is 2. The fourth-order valence-electron chi connectivity index (χ4n) is 4.19. The maximum absolute atomic E-state index is 13.7. The molecule has 0 N–H and O–H groups in total. The number of carbonyl (C=O) groups is 1. The van der Waals surface area contributed by atoms with Crippen molar-refractivity contribution < 1.29 is 27.4 Å². The van der Waals surface area contributed by atoms with Crippen molar-refractivity contribution in [2.24, 2.45) is 0 Å². The molecule has 3 aromatic rings. The zero-order chi connectivity index (χ0) is 20.9. The van der Waals surface area contributed by atoms with E-state index in [-0.39, 0.29) is 36.4 Å². The molecule has 2 aliphatic rings. The maximum atomic E-state index is 13.7. The molecule has 5 nitrogen and oxygen atoms in total. The molecule has 2 aliphatic heterocycles. The van der Waals surface area contributed by atoms with Crippen LogP contribution in [0, 0.1) is 0 Å². The first kappa shape index (κ1) is 21.0. The molecule has 1 amide bonds. The summed E-state index contributed by atoms with van der Waals surface area (Å²) in [5, 5.41) is 0. The van der Waals surface area contributed by atoms with E-state index in [0.717, 1.165) is 16.8 Å². The number of pyridine rings is 1. The van der Waals surface area contributed by atoms with Gasteiger partial charge in [0.1, 0.15) is 23.5 Å². The number of alkyl halides is 3. The third kappa shape index (κ3) is 3.37. The average molecular weight is 449 g/mol. The zero-order valence-electron chi connectivity index (χ0n) is 15.9. The molecule has 1 unspecified atom stereocenters. The third-order valence-corrected chi connectivity index (χ3v) is 5.42. The van der Waals surface area contributed by atoms with Crippen molar-refractivity contribution in [3.8, 4) is 11.5 Å². The number of anilines is 1. The summed E-state index contributed by atoms with van der Waals surface area (Å²) in [7, 11) is 0. The van der Waals surface area contributed by atoms with Crippen LogP contribution in [-0.4, -0.2) is 23.9 Å². The SMILES string of the molecule is Cl.O=C1N(Cc2cccnc2)c2ccccc2C12COc1cc(OC(F)(F)F)ccc12. The minimum Gasteiger partial charge on any atom is -0.491 e. The Balaban J connectivity index is 0.00000231. The van der Waals surface area contributed by atoms with E-state index in [9.17, 15) is 18.0 Å². The van der Waals surface area contributed by atoms with E-state index in [0.29, 0.717) is 12.1 Å². The number of hydrogen-bond donors (Lipinski definition) is 0. The number of aromatic nitrogens is 1. The Kier molecular flexibility index (Phi) is 5.05. The van der Waals surface area contributed by atoms with Gasteiger partial charge in [-0.15, -0.1) is 25.6 Å². The summed E-state index contributed by atoms with van der Waals surface area (Å²) < 4.78 is 47.4. The van der Waals surface area contributed by atoms with Gasteiger partial charge in [-0.2, -0.15) is 0 Å². The van der Waals surface area contributed by atoms with Crippen molar-refractivity contribution in [1.82, 2.24) is 4.98 Å². The van der Waals surface area contributed by atoms with Gasteiger partial charge in [0, 0.05) is 29.7 Å². The molecular formula is C22H16ClF3N2O3. The van der Waals surface area contributed by atoms with Gasteiger partial charge in [-0.25, -0.2) is 0 Å². The molecular weight excluding hydrogens is 433 g/mol. The van der Waals surface area contributed by atoms with Gasteiger partial charge >= 0.3 is 6.36 Å². The Labute approximate surface area is 181 Å². The van der Waals surface area contributed by atoms with Crippen molar-refractivity contribution in [3.63, 3.8) is 0 Å². The maximum Gasteiger partial charge on any atom is 0.573 e. The van der Waals surface area contributed by atoms with Crippen molar-refractivity contribution in [2.45, 2.75) is 18.3 Å². The van der Waals surface area contributed by atoms with Crippen LogP contribution in [0.2, 0.25) is 0 Å². The second-order valence-electron chi connectivity index (χ2n) is 7.17. The molecule has 5 rings (SSSR count). The van der Waals surface area contributed by atoms with Gasteiger partial charge < -0.3 is 14.4 Å². The van der Waals surface area contributed by atoms with Crippen LogP contribution in [0.4, 0.5) is 18.9 Å². The largest absolute Gasteiger partial charge is 0.573 e. The van der Waals surface area contributed by atoms with Gasteiger partial charge in [-0.05, 0) is 29.3 Å². The molecule has 160 valence electrons. The highest BCUT2D eigenvalue weighted by Crippen LogP contribution is 2.53. The highest BCUT2D eigenvalue weighted by molar-refractivity contribution is 6.11. The molecule has 3 heterocycles. The minimum atomic E-state index is -4.80. The summed E-state index contributed by atoms with van der Waals surface area (Å²) in [5.41, 5.74) is 1.81. The summed E-state index contributed by atoms with van der Waals surface area (Å²) >= 11 is 0. The number of amides is 1. The summed E-state index contributed by atoms with van der Waals surface area (Å²) in [5.74, 6) is -0.358. The molecule has 0 bridgehead atoms. The molecule has 0 fully saturated rings. The van der Waals surface area contributed by atoms with E-state index in [1.807, 2.05) is 30.3 Å². The monoisotopic (exact) mass is 448 g/mol. The first-order chi connectivity index (χ1) is 14.4. The number of halogens is 4. The number of benzene rings is 2. The molecule has 9 heteroatoms. The molecule has 0 saturated carbocycles. The van der Waals surface area contributed by atoms with E-state index in [4.69, 9.17) is 4.74 Å². The van der Waals surface area contributed by atoms with Crippen LogP contribution in [0.1, 0.15) is 16.7 Å². The Morgan fingerprint density at radius 2 is 1.90 bits per heavy atom. The van der Waals surface area contributed by atoms with E-state index < -0.39 is 11.8 Å². The Morgan fingerprint density at radius 3 is 2.65 bits per heavy atom. The lowest BCUT2D eigenvalue weighted by Crippen LogP contribution is -2.42. The zero-order valence-corrected chi connectivity index (χ0v) is 16.7. The van der Waals surface area contributed by atoms with Crippen LogP contribution in [0.25, 0.3) is 0 Å².